The van der Waals surface area contributed by atoms with Gasteiger partial charge in [-0.15, -0.1) is 0 Å². The van der Waals surface area contributed by atoms with Gasteiger partial charge in [0.15, 0.2) is 0 Å². The molecule has 1 fully saturated rings. The number of rotatable bonds is 5. The minimum Gasteiger partial charge on any atom is -0.491 e. The smallest absolute Gasteiger partial charge is 0.258 e. The van der Waals surface area contributed by atoms with Gasteiger partial charge >= 0.3 is 0 Å². The van der Waals surface area contributed by atoms with E-state index in [0.717, 1.165) is 36.3 Å². The number of anilines is 1. The maximum Gasteiger partial charge on any atom is 0.258 e. The van der Waals surface area contributed by atoms with E-state index in [1.54, 1.807) is 51.7 Å². The van der Waals surface area contributed by atoms with Crippen LogP contribution in [-0.4, -0.2) is 44.4 Å². The van der Waals surface area contributed by atoms with Gasteiger partial charge < -0.3 is 9.64 Å². The number of fused-ring (bicyclic) bond motifs is 1. The van der Waals surface area contributed by atoms with Gasteiger partial charge in [0.1, 0.15) is 5.75 Å². The topological polar surface area (TPSA) is 66.9 Å². The number of hydrogen-bond acceptors (Lipinski definition) is 4. The molecule has 0 saturated carbocycles. The first kappa shape index (κ1) is 20.9. The normalized spacial score (nSPS) is 17.2. The van der Waals surface area contributed by atoms with Crippen LogP contribution in [0, 0.1) is 0 Å². The van der Waals surface area contributed by atoms with Crippen molar-refractivity contribution in [1.82, 2.24) is 4.31 Å². The first-order valence-corrected chi connectivity index (χ1v) is 12.0. The van der Waals surface area contributed by atoms with E-state index in [1.165, 1.54) is 0 Å². The van der Waals surface area contributed by atoms with Crippen molar-refractivity contribution in [3.63, 3.8) is 0 Å². The maximum absolute atomic E-state index is 13.0. The van der Waals surface area contributed by atoms with Crippen molar-refractivity contribution in [1.29, 1.82) is 0 Å². The second-order valence-electron chi connectivity index (χ2n) is 8.15. The maximum atomic E-state index is 13.0. The fourth-order valence-corrected chi connectivity index (χ4v) is 5.68. The van der Waals surface area contributed by atoms with Crippen molar-refractivity contribution in [2.24, 2.45) is 0 Å². The Morgan fingerprint density at radius 3 is 2.33 bits per heavy atom. The molecule has 4 rings (SSSR count). The summed E-state index contributed by atoms with van der Waals surface area (Å²) in [5, 5.41) is 0. The summed E-state index contributed by atoms with van der Waals surface area (Å²) in [7, 11) is -3.47. The van der Waals surface area contributed by atoms with Crippen molar-refractivity contribution >= 4 is 21.6 Å². The number of ether oxygens (including phenoxy) is 1. The number of hydrogen-bond donors (Lipinski definition) is 0. The van der Waals surface area contributed by atoms with Crippen LogP contribution >= 0.6 is 0 Å². The van der Waals surface area contributed by atoms with Gasteiger partial charge in [-0.3, -0.25) is 4.79 Å². The quantitative estimate of drug-likeness (QED) is 0.726. The van der Waals surface area contributed by atoms with E-state index in [0.29, 0.717) is 36.5 Å². The summed E-state index contributed by atoms with van der Waals surface area (Å²) in [5.74, 6) is 0.646. The Bertz CT molecular complexity index is 1030. The minimum atomic E-state index is -3.47. The standard InChI is InChI=1S/C23H28N2O4S/c1-17(2)29-20-8-6-18(7-9-20)23(26)25-15-12-19-16-21(10-11-22(19)25)30(27,28)24-13-4-3-5-14-24/h6-11,16-17H,3-5,12-15H2,1-2H3. The Labute approximate surface area is 178 Å². The monoisotopic (exact) mass is 428 g/mol. The van der Waals surface area contributed by atoms with Crippen LogP contribution < -0.4 is 9.64 Å². The summed E-state index contributed by atoms with van der Waals surface area (Å²) in [6, 6.07) is 12.3. The van der Waals surface area contributed by atoms with Gasteiger partial charge in [-0.2, -0.15) is 4.31 Å². The molecule has 2 aromatic rings. The molecule has 1 saturated heterocycles. The van der Waals surface area contributed by atoms with Crippen molar-refractivity contribution in [2.75, 3.05) is 24.5 Å². The lowest BCUT2D eigenvalue weighted by molar-refractivity contribution is 0.0989. The van der Waals surface area contributed by atoms with Gasteiger partial charge in [0.25, 0.3) is 5.91 Å². The molecule has 0 radical (unpaired) electrons. The molecule has 0 bridgehead atoms. The van der Waals surface area contributed by atoms with Crippen molar-refractivity contribution in [3.05, 3.63) is 53.6 Å². The fourth-order valence-electron chi connectivity index (χ4n) is 4.11. The number of sulfonamides is 1. The molecule has 0 atom stereocenters. The molecule has 0 unspecified atom stereocenters. The lowest BCUT2D eigenvalue weighted by atomic mass is 10.1. The van der Waals surface area contributed by atoms with Gasteiger partial charge in [-0.1, -0.05) is 6.42 Å². The summed E-state index contributed by atoms with van der Waals surface area (Å²) >= 11 is 0. The number of benzene rings is 2. The number of piperidine rings is 1. The highest BCUT2D eigenvalue weighted by Gasteiger charge is 2.30. The van der Waals surface area contributed by atoms with E-state index in [-0.39, 0.29) is 12.0 Å². The van der Waals surface area contributed by atoms with Gasteiger partial charge in [0.05, 0.1) is 11.0 Å². The molecule has 7 heteroatoms. The molecule has 2 aliphatic rings. The Balaban J connectivity index is 1.54. The predicted octanol–water partition coefficient (Wildman–Crippen LogP) is 3.85. The summed E-state index contributed by atoms with van der Waals surface area (Å²) in [5.41, 5.74) is 2.28. The van der Waals surface area contributed by atoms with E-state index >= 15 is 0 Å². The Morgan fingerprint density at radius 2 is 1.67 bits per heavy atom. The minimum absolute atomic E-state index is 0.0763. The van der Waals surface area contributed by atoms with E-state index in [2.05, 4.69) is 0 Å². The van der Waals surface area contributed by atoms with E-state index in [4.69, 9.17) is 4.74 Å². The molecule has 2 aliphatic heterocycles. The molecule has 1 amide bonds. The molecule has 0 aromatic heterocycles. The molecular weight excluding hydrogens is 400 g/mol. The van der Waals surface area contributed by atoms with Crippen LogP contribution in [0.4, 0.5) is 5.69 Å². The molecular formula is C23H28N2O4S. The van der Waals surface area contributed by atoms with E-state index < -0.39 is 10.0 Å². The first-order chi connectivity index (χ1) is 14.4. The second kappa shape index (κ2) is 8.40. The van der Waals surface area contributed by atoms with Gasteiger partial charge in [0, 0.05) is 30.9 Å². The average Bonchev–Trinajstić information content (AvgIpc) is 3.17. The lowest BCUT2D eigenvalue weighted by Gasteiger charge is -2.26. The summed E-state index contributed by atoms with van der Waals surface area (Å²) in [6.07, 6.45) is 3.63. The number of carbonyl (C=O) groups is 1. The summed E-state index contributed by atoms with van der Waals surface area (Å²) < 4.78 is 33.2. The number of amides is 1. The highest BCUT2D eigenvalue weighted by molar-refractivity contribution is 7.89. The third-order valence-corrected chi connectivity index (χ3v) is 7.51. The van der Waals surface area contributed by atoms with Crippen LogP contribution in [0.3, 0.4) is 0 Å². The summed E-state index contributed by atoms with van der Waals surface area (Å²) in [6.45, 7) is 5.63. The fraction of sp³-hybridized carbons (Fsp3) is 0.435. The van der Waals surface area contributed by atoms with Gasteiger partial charge in [0.2, 0.25) is 10.0 Å². The van der Waals surface area contributed by atoms with Crippen molar-refractivity contribution in [2.45, 2.75) is 50.5 Å². The Kier molecular flexibility index (Phi) is 5.84. The molecule has 0 spiro atoms. The van der Waals surface area contributed by atoms with Crippen LogP contribution in [0.1, 0.15) is 49.0 Å². The van der Waals surface area contributed by atoms with E-state index in [1.807, 2.05) is 13.8 Å². The molecule has 160 valence electrons. The zero-order chi connectivity index (χ0) is 21.3. The molecule has 0 aliphatic carbocycles. The Hall–Kier alpha value is -2.38. The molecule has 30 heavy (non-hydrogen) atoms. The third-order valence-electron chi connectivity index (χ3n) is 5.62. The van der Waals surface area contributed by atoms with Crippen LogP contribution in [0.15, 0.2) is 47.4 Å². The van der Waals surface area contributed by atoms with Crippen LogP contribution in [0.5, 0.6) is 5.75 Å². The SMILES string of the molecule is CC(C)Oc1ccc(C(=O)N2CCc3cc(S(=O)(=O)N4CCCCC4)ccc32)cc1. The first-order valence-electron chi connectivity index (χ1n) is 10.6. The molecule has 2 heterocycles. The second-order valence-corrected chi connectivity index (χ2v) is 10.1. The van der Waals surface area contributed by atoms with Crippen molar-refractivity contribution < 1.29 is 17.9 Å². The lowest BCUT2D eigenvalue weighted by Crippen LogP contribution is -2.35. The predicted molar refractivity (Wildman–Crippen MR) is 117 cm³/mol. The highest BCUT2D eigenvalue weighted by atomic mass is 32.2. The van der Waals surface area contributed by atoms with Crippen molar-refractivity contribution in [3.8, 4) is 5.75 Å². The highest BCUT2D eigenvalue weighted by Crippen LogP contribution is 2.33. The van der Waals surface area contributed by atoms with Crippen LogP contribution in [0.2, 0.25) is 0 Å². The molecule has 2 aromatic carbocycles. The summed E-state index contributed by atoms with van der Waals surface area (Å²) in [4.78, 5) is 15.1. The molecule has 0 N–H and O–H groups in total. The van der Waals surface area contributed by atoms with Gasteiger partial charge in [-0.05, 0) is 81.1 Å². The van der Waals surface area contributed by atoms with Gasteiger partial charge in [-0.25, -0.2) is 8.42 Å². The Morgan fingerprint density at radius 1 is 0.967 bits per heavy atom. The largest absolute Gasteiger partial charge is 0.491 e. The number of nitrogens with zero attached hydrogens (tertiary/aromatic N) is 2. The number of carbonyl (C=O) groups excluding carboxylic acids is 1. The van der Waals surface area contributed by atoms with Crippen LogP contribution in [0.25, 0.3) is 0 Å². The van der Waals surface area contributed by atoms with E-state index in [9.17, 15) is 13.2 Å². The third kappa shape index (κ3) is 4.09. The zero-order valence-corrected chi connectivity index (χ0v) is 18.3. The molecule has 6 nitrogen and oxygen atoms in total. The van der Waals surface area contributed by atoms with Crippen LogP contribution in [-0.2, 0) is 16.4 Å². The zero-order valence-electron chi connectivity index (χ0n) is 17.5. The average molecular weight is 429 g/mol.